The van der Waals surface area contributed by atoms with Crippen LogP contribution in [0.15, 0.2) is 36.4 Å². The Morgan fingerprint density at radius 1 is 1.31 bits per heavy atom. The summed E-state index contributed by atoms with van der Waals surface area (Å²) in [6.45, 7) is 2.18. The van der Waals surface area contributed by atoms with Crippen LogP contribution >= 0.6 is 11.6 Å². The van der Waals surface area contributed by atoms with E-state index in [1.165, 1.54) is 18.4 Å². The SMILES string of the molecule is CC(NC1CC=CCC1)c1ccccc1Cl. The summed E-state index contributed by atoms with van der Waals surface area (Å²) in [5.41, 5.74) is 1.19. The van der Waals surface area contributed by atoms with Crippen molar-refractivity contribution in [3.05, 3.63) is 47.0 Å². The lowest BCUT2D eigenvalue weighted by Gasteiger charge is -2.24. The zero-order chi connectivity index (χ0) is 11.4. The number of nitrogens with one attached hydrogen (secondary N) is 1. The van der Waals surface area contributed by atoms with E-state index in [1.54, 1.807) is 0 Å². The predicted molar refractivity (Wildman–Crippen MR) is 69.8 cm³/mol. The maximum absolute atomic E-state index is 6.18. The molecule has 2 rings (SSSR count). The summed E-state index contributed by atoms with van der Waals surface area (Å²) in [6.07, 6.45) is 8.08. The number of allylic oxidation sites excluding steroid dienone is 1. The highest BCUT2D eigenvalue weighted by atomic mass is 35.5. The van der Waals surface area contributed by atoms with Gasteiger partial charge in [0.15, 0.2) is 0 Å². The van der Waals surface area contributed by atoms with Crippen molar-refractivity contribution in [2.24, 2.45) is 0 Å². The van der Waals surface area contributed by atoms with Crippen molar-refractivity contribution >= 4 is 11.6 Å². The third-order valence-electron chi connectivity index (χ3n) is 3.13. The second-order valence-corrected chi connectivity index (χ2v) is 4.80. The number of hydrogen-bond donors (Lipinski definition) is 1. The first-order valence-electron chi connectivity index (χ1n) is 5.93. The molecule has 0 saturated carbocycles. The first kappa shape index (κ1) is 11.7. The molecule has 1 aromatic carbocycles. The summed E-state index contributed by atoms with van der Waals surface area (Å²) in [5.74, 6) is 0. The van der Waals surface area contributed by atoms with Gasteiger partial charge < -0.3 is 5.32 Å². The molecule has 1 N–H and O–H groups in total. The first-order chi connectivity index (χ1) is 7.77. The van der Waals surface area contributed by atoms with E-state index in [1.807, 2.05) is 18.2 Å². The van der Waals surface area contributed by atoms with Crippen LogP contribution in [-0.4, -0.2) is 6.04 Å². The van der Waals surface area contributed by atoms with Crippen LogP contribution in [0.5, 0.6) is 0 Å². The van der Waals surface area contributed by atoms with Gasteiger partial charge in [-0.3, -0.25) is 0 Å². The summed E-state index contributed by atoms with van der Waals surface area (Å²) >= 11 is 6.18. The molecule has 0 heterocycles. The highest BCUT2D eigenvalue weighted by Gasteiger charge is 2.15. The smallest absolute Gasteiger partial charge is 0.0453 e. The summed E-state index contributed by atoms with van der Waals surface area (Å²) in [6, 6.07) is 8.98. The molecule has 0 fully saturated rings. The Hall–Kier alpha value is -0.790. The minimum Gasteiger partial charge on any atom is -0.307 e. The van der Waals surface area contributed by atoms with Crippen LogP contribution in [0.4, 0.5) is 0 Å². The lowest BCUT2D eigenvalue weighted by atomic mass is 9.99. The number of rotatable bonds is 3. The van der Waals surface area contributed by atoms with E-state index in [-0.39, 0.29) is 0 Å². The standard InChI is InChI=1S/C14H18ClN/c1-11(13-9-5-6-10-14(13)15)16-12-7-3-2-4-8-12/h2-3,5-6,9-12,16H,4,7-8H2,1H3. The molecule has 16 heavy (non-hydrogen) atoms. The van der Waals surface area contributed by atoms with Crippen molar-refractivity contribution in [1.29, 1.82) is 0 Å². The normalized spacial score (nSPS) is 22.0. The van der Waals surface area contributed by atoms with Crippen molar-refractivity contribution < 1.29 is 0 Å². The summed E-state index contributed by atoms with van der Waals surface area (Å²) in [4.78, 5) is 0. The highest BCUT2D eigenvalue weighted by Crippen LogP contribution is 2.24. The average Bonchev–Trinajstić information content (AvgIpc) is 2.31. The molecule has 0 spiro atoms. The molecule has 2 atom stereocenters. The lowest BCUT2D eigenvalue weighted by Crippen LogP contribution is -2.32. The van der Waals surface area contributed by atoms with Crippen molar-refractivity contribution in [2.45, 2.75) is 38.3 Å². The summed E-state index contributed by atoms with van der Waals surface area (Å²) < 4.78 is 0. The molecule has 0 saturated heterocycles. The van der Waals surface area contributed by atoms with Crippen LogP contribution in [0.2, 0.25) is 5.02 Å². The second-order valence-electron chi connectivity index (χ2n) is 4.39. The maximum atomic E-state index is 6.18. The van der Waals surface area contributed by atoms with Gasteiger partial charge in [0.25, 0.3) is 0 Å². The largest absolute Gasteiger partial charge is 0.307 e. The molecule has 0 aromatic heterocycles. The monoisotopic (exact) mass is 235 g/mol. The maximum Gasteiger partial charge on any atom is 0.0453 e. The van der Waals surface area contributed by atoms with E-state index in [0.29, 0.717) is 12.1 Å². The lowest BCUT2D eigenvalue weighted by molar-refractivity contribution is 0.426. The molecule has 1 aliphatic carbocycles. The molecule has 0 amide bonds. The van der Waals surface area contributed by atoms with Gasteiger partial charge in [-0.2, -0.15) is 0 Å². The Kier molecular flexibility index (Phi) is 4.03. The molecule has 2 heteroatoms. The summed E-state index contributed by atoms with van der Waals surface area (Å²) in [5, 5.41) is 4.50. The molecule has 1 nitrogen and oxygen atoms in total. The van der Waals surface area contributed by atoms with Gasteiger partial charge in [-0.15, -0.1) is 0 Å². The molecule has 0 bridgehead atoms. The fraction of sp³-hybridized carbons (Fsp3) is 0.429. The zero-order valence-corrected chi connectivity index (χ0v) is 10.4. The molecule has 1 aliphatic rings. The van der Waals surface area contributed by atoms with Crippen LogP contribution in [-0.2, 0) is 0 Å². The quantitative estimate of drug-likeness (QED) is 0.778. The number of halogens is 1. The zero-order valence-electron chi connectivity index (χ0n) is 9.62. The first-order valence-corrected chi connectivity index (χ1v) is 6.30. The Morgan fingerprint density at radius 2 is 2.12 bits per heavy atom. The van der Waals surface area contributed by atoms with Gasteiger partial charge in [0.1, 0.15) is 0 Å². The molecule has 0 radical (unpaired) electrons. The second kappa shape index (κ2) is 5.51. The Bertz CT molecular complexity index is 373. The van der Waals surface area contributed by atoms with E-state index >= 15 is 0 Å². The molecule has 0 aliphatic heterocycles. The predicted octanol–water partition coefficient (Wildman–Crippen LogP) is 4.10. The van der Waals surface area contributed by atoms with Crippen molar-refractivity contribution in [3.63, 3.8) is 0 Å². The topological polar surface area (TPSA) is 12.0 Å². The van der Waals surface area contributed by atoms with Crippen molar-refractivity contribution in [1.82, 2.24) is 5.32 Å². The number of benzene rings is 1. The van der Waals surface area contributed by atoms with E-state index in [2.05, 4.69) is 30.5 Å². The van der Waals surface area contributed by atoms with Gasteiger partial charge >= 0.3 is 0 Å². The molecule has 1 aromatic rings. The summed E-state index contributed by atoms with van der Waals surface area (Å²) in [7, 11) is 0. The fourth-order valence-electron chi connectivity index (χ4n) is 2.21. The molecular weight excluding hydrogens is 218 g/mol. The Labute approximate surface area is 103 Å². The Balaban J connectivity index is 2.00. The van der Waals surface area contributed by atoms with Gasteiger partial charge in [0.2, 0.25) is 0 Å². The van der Waals surface area contributed by atoms with Crippen LogP contribution in [0.25, 0.3) is 0 Å². The van der Waals surface area contributed by atoms with Gasteiger partial charge in [0, 0.05) is 17.1 Å². The van der Waals surface area contributed by atoms with E-state index < -0.39 is 0 Å². The van der Waals surface area contributed by atoms with E-state index in [0.717, 1.165) is 11.4 Å². The Morgan fingerprint density at radius 3 is 2.81 bits per heavy atom. The minimum atomic E-state index is 0.324. The van der Waals surface area contributed by atoms with E-state index in [9.17, 15) is 0 Å². The van der Waals surface area contributed by atoms with Crippen molar-refractivity contribution in [3.8, 4) is 0 Å². The highest BCUT2D eigenvalue weighted by molar-refractivity contribution is 6.31. The average molecular weight is 236 g/mol. The van der Waals surface area contributed by atoms with Gasteiger partial charge in [-0.25, -0.2) is 0 Å². The van der Waals surface area contributed by atoms with Gasteiger partial charge in [-0.05, 0) is 37.8 Å². The fourth-order valence-corrected chi connectivity index (χ4v) is 2.51. The molecular formula is C14H18ClN. The van der Waals surface area contributed by atoms with Crippen molar-refractivity contribution in [2.75, 3.05) is 0 Å². The van der Waals surface area contributed by atoms with Crippen LogP contribution in [0.1, 0.15) is 37.8 Å². The molecule has 86 valence electrons. The van der Waals surface area contributed by atoms with E-state index in [4.69, 9.17) is 11.6 Å². The van der Waals surface area contributed by atoms with Gasteiger partial charge in [0.05, 0.1) is 0 Å². The van der Waals surface area contributed by atoms with Crippen LogP contribution in [0, 0.1) is 0 Å². The van der Waals surface area contributed by atoms with Gasteiger partial charge in [-0.1, -0.05) is 42.0 Å². The minimum absolute atomic E-state index is 0.324. The van der Waals surface area contributed by atoms with Crippen LogP contribution < -0.4 is 5.32 Å². The molecule has 2 unspecified atom stereocenters. The number of hydrogen-bond acceptors (Lipinski definition) is 1. The van der Waals surface area contributed by atoms with Crippen LogP contribution in [0.3, 0.4) is 0 Å². The third-order valence-corrected chi connectivity index (χ3v) is 3.47. The third kappa shape index (κ3) is 2.87.